The van der Waals surface area contributed by atoms with Gasteiger partial charge in [0.05, 0.1) is 12.1 Å². The van der Waals surface area contributed by atoms with Crippen molar-refractivity contribution in [2.24, 2.45) is 0 Å². The highest BCUT2D eigenvalue weighted by Crippen LogP contribution is 2.29. The highest BCUT2D eigenvalue weighted by molar-refractivity contribution is 5.73. The minimum atomic E-state index is -1.24. The van der Waals surface area contributed by atoms with Crippen molar-refractivity contribution in [3.05, 3.63) is 59.2 Å². The number of hydrogen-bond donors (Lipinski definition) is 2. The van der Waals surface area contributed by atoms with Gasteiger partial charge >= 0.3 is 0 Å². The van der Waals surface area contributed by atoms with Gasteiger partial charge in [0, 0.05) is 51.9 Å². The standard InChI is InChI=1S/C29H41N3O4/c1-22-6-5-7-26(16-22)31-12-10-28(34,11-13-31)18-30-14-15-32(25(4)33)20-29(35,19-30)21-36-27-9-8-23(2)24(3)17-27/h5-9,16-17,34-35H,10-15,18-21H2,1-4H3/t29-/m0/s1. The number of aliphatic hydroxyl groups is 2. The number of ether oxygens (including phenoxy) is 1. The van der Waals surface area contributed by atoms with Crippen LogP contribution in [-0.2, 0) is 4.79 Å². The number of aryl methyl sites for hydroxylation is 3. The molecule has 2 aromatic rings. The van der Waals surface area contributed by atoms with Crippen LogP contribution in [0.1, 0.15) is 36.5 Å². The quantitative estimate of drug-likeness (QED) is 0.642. The first-order valence-electron chi connectivity index (χ1n) is 13.0. The lowest BCUT2D eigenvalue weighted by Crippen LogP contribution is -2.55. The Morgan fingerprint density at radius 2 is 1.67 bits per heavy atom. The molecular formula is C29H41N3O4. The van der Waals surface area contributed by atoms with E-state index in [1.165, 1.54) is 23.7 Å². The van der Waals surface area contributed by atoms with Crippen LogP contribution in [0.5, 0.6) is 5.75 Å². The normalized spacial score (nSPS) is 22.8. The van der Waals surface area contributed by atoms with Gasteiger partial charge in [-0.25, -0.2) is 0 Å². The summed E-state index contributed by atoms with van der Waals surface area (Å²) in [7, 11) is 0. The summed E-state index contributed by atoms with van der Waals surface area (Å²) < 4.78 is 6.02. The Hall–Kier alpha value is -2.61. The SMILES string of the molecule is CC(=O)N1CCN(CC2(O)CCN(c3cccc(C)c3)CC2)C[C@@](O)(COc2ccc(C)c(C)c2)C1. The number of carbonyl (C=O) groups excluding carboxylic acids is 1. The zero-order valence-electron chi connectivity index (χ0n) is 22.2. The number of amides is 1. The maximum absolute atomic E-state index is 12.3. The lowest BCUT2D eigenvalue weighted by molar-refractivity contribution is -0.132. The topological polar surface area (TPSA) is 76.5 Å². The molecule has 2 aromatic carbocycles. The molecule has 2 aliphatic heterocycles. The maximum atomic E-state index is 12.3. The van der Waals surface area contributed by atoms with E-state index in [1.807, 2.05) is 25.1 Å². The van der Waals surface area contributed by atoms with Gasteiger partial charge in [-0.15, -0.1) is 0 Å². The lowest BCUT2D eigenvalue weighted by atomic mass is 9.90. The number of nitrogens with zero attached hydrogens (tertiary/aromatic N) is 3. The zero-order chi connectivity index (χ0) is 25.9. The van der Waals surface area contributed by atoms with Crippen LogP contribution in [0.2, 0.25) is 0 Å². The second kappa shape index (κ2) is 10.8. The van der Waals surface area contributed by atoms with Gasteiger partial charge < -0.3 is 24.7 Å². The molecule has 1 amide bonds. The smallest absolute Gasteiger partial charge is 0.219 e. The van der Waals surface area contributed by atoms with Gasteiger partial charge in [0.25, 0.3) is 0 Å². The molecule has 2 heterocycles. The van der Waals surface area contributed by atoms with Crippen molar-refractivity contribution in [3.8, 4) is 5.75 Å². The Bertz CT molecular complexity index is 1070. The van der Waals surface area contributed by atoms with E-state index in [4.69, 9.17) is 4.74 Å². The molecule has 0 saturated carbocycles. The van der Waals surface area contributed by atoms with Crippen LogP contribution < -0.4 is 9.64 Å². The molecule has 2 aliphatic rings. The van der Waals surface area contributed by atoms with Gasteiger partial charge in [-0.05, 0) is 74.6 Å². The van der Waals surface area contributed by atoms with Crippen molar-refractivity contribution in [2.45, 2.75) is 51.7 Å². The average Bonchev–Trinajstić information content (AvgIpc) is 2.99. The summed E-state index contributed by atoms with van der Waals surface area (Å²) in [5, 5.41) is 23.1. The first-order chi connectivity index (χ1) is 17.0. The third-order valence-corrected chi connectivity index (χ3v) is 7.70. The van der Waals surface area contributed by atoms with E-state index < -0.39 is 11.2 Å². The van der Waals surface area contributed by atoms with Crippen molar-refractivity contribution in [2.75, 3.05) is 57.3 Å². The minimum Gasteiger partial charge on any atom is -0.490 e. The predicted molar refractivity (Wildman–Crippen MR) is 143 cm³/mol. The molecule has 0 aromatic heterocycles. The number of β-amino-alcohol motifs (C(OH)–C–C–N with tert-alkyl or cyclic N) is 2. The van der Waals surface area contributed by atoms with Crippen LogP contribution >= 0.6 is 0 Å². The molecule has 196 valence electrons. The predicted octanol–water partition coefficient (Wildman–Crippen LogP) is 2.92. The van der Waals surface area contributed by atoms with Gasteiger partial charge in [-0.2, -0.15) is 0 Å². The molecule has 0 radical (unpaired) electrons. The van der Waals surface area contributed by atoms with E-state index in [1.54, 1.807) is 4.90 Å². The fraction of sp³-hybridized carbons (Fsp3) is 0.552. The fourth-order valence-corrected chi connectivity index (χ4v) is 5.34. The van der Waals surface area contributed by atoms with E-state index in [2.05, 4.69) is 47.9 Å². The van der Waals surface area contributed by atoms with Gasteiger partial charge in [0.2, 0.25) is 5.91 Å². The average molecular weight is 496 g/mol. The molecule has 2 N–H and O–H groups in total. The molecule has 7 heteroatoms. The summed E-state index contributed by atoms with van der Waals surface area (Å²) in [4.78, 5) is 18.4. The Kier molecular flexibility index (Phi) is 7.93. The van der Waals surface area contributed by atoms with Crippen molar-refractivity contribution in [3.63, 3.8) is 0 Å². The number of benzene rings is 2. The summed E-state index contributed by atoms with van der Waals surface area (Å²) >= 11 is 0. The van der Waals surface area contributed by atoms with Crippen LogP contribution in [0.15, 0.2) is 42.5 Å². The third kappa shape index (κ3) is 6.58. The Morgan fingerprint density at radius 1 is 0.917 bits per heavy atom. The summed E-state index contributed by atoms with van der Waals surface area (Å²) in [5.41, 5.74) is 2.68. The van der Waals surface area contributed by atoms with Crippen LogP contribution in [0.4, 0.5) is 5.69 Å². The molecule has 0 spiro atoms. The fourth-order valence-electron chi connectivity index (χ4n) is 5.34. The van der Waals surface area contributed by atoms with Crippen molar-refractivity contribution in [1.29, 1.82) is 0 Å². The van der Waals surface area contributed by atoms with Crippen molar-refractivity contribution in [1.82, 2.24) is 9.80 Å². The highest BCUT2D eigenvalue weighted by atomic mass is 16.5. The Balaban J connectivity index is 1.41. The van der Waals surface area contributed by atoms with E-state index in [0.717, 1.165) is 18.7 Å². The maximum Gasteiger partial charge on any atom is 0.219 e. The lowest BCUT2D eigenvalue weighted by Gasteiger charge is -2.42. The first kappa shape index (κ1) is 26.5. The van der Waals surface area contributed by atoms with Gasteiger partial charge in [-0.3, -0.25) is 9.69 Å². The summed E-state index contributed by atoms with van der Waals surface area (Å²) in [6.45, 7) is 11.5. The first-order valence-corrected chi connectivity index (χ1v) is 13.0. The number of rotatable bonds is 6. The van der Waals surface area contributed by atoms with E-state index >= 15 is 0 Å². The molecule has 0 aliphatic carbocycles. The van der Waals surface area contributed by atoms with Crippen molar-refractivity contribution >= 4 is 11.6 Å². The summed E-state index contributed by atoms with van der Waals surface area (Å²) in [6.07, 6.45) is 1.32. The molecular weight excluding hydrogens is 454 g/mol. The zero-order valence-corrected chi connectivity index (χ0v) is 22.2. The monoisotopic (exact) mass is 495 g/mol. The highest BCUT2D eigenvalue weighted by Gasteiger charge is 2.41. The molecule has 2 fully saturated rings. The second-order valence-electron chi connectivity index (χ2n) is 11.0. The third-order valence-electron chi connectivity index (χ3n) is 7.70. The van der Waals surface area contributed by atoms with Crippen molar-refractivity contribution < 1.29 is 19.7 Å². The van der Waals surface area contributed by atoms with E-state index in [-0.39, 0.29) is 19.1 Å². The molecule has 0 unspecified atom stereocenters. The summed E-state index contributed by atoms with van der Waals surface area (Å²) in [5.74, 6) is 0.644. The van der Waals surface area contributed by atoms with Crippen LogP contribution in [0.25, 0.3) is 0 Å². The van der Waals surface area contributed by atoms with Crippen LogP contribution in [0.3, 0.4) is 0 Å². The van der Waals surface area contributed by atoms with Crippen LogP contribution in [-0.4, -0.2) is 89.5 Å². The molecule has 2 saturated heterocycles. The number of anilines is 1. The van der Waals surface area contributed by atoms with Crippen LogP contribution in [0, 0.1) is 20.8 Å². The van der Waals surface area contributed by atoms with E-state index in [0.29, 0.717) is 44.8 Å². The molecule has 36 heavy (non-hydrogen) atoms. The number of piperidine rings is 1. The summed E-state index contributed by atoms with van der Waals surface area (Å²) in [6, 6.07) is 14.4. The molecule has 0 bridgehead atoms. The number of carbonyl (C=O) groups is 1. The molecule has 1 atom stereocenters. The number of hydrogen-bond acceptors (Lipinski definition) is 6. The minimum absolute atomic E-state index is 0.0633. The Labute approximate surface area is 215 Å². The van der Waals surface area contributed by atoms with Gasteiger partial charge in [0.15, 0.2) is 0 Å². The van der Waals surface area contributed by atoms with E-state index in [9.17, 15) is 15.0 Å². The largest absolute Gasteiger partial charge is 0.490 e. The van der Waals surface area contributed by atoms with Gasteiger partial charge in [0.1, 0.15) is 18.0 Å². The Morgan fingerprint density at radius 3 is 2.33 bits per heavy atom. The second-order valence-corrected chi connectivity index (χ2v) is 11.0. The molecule has 7 nitrogen and oxygen atoms in total. The molecule has 4 rings (SSSR count). The van der Waals surface area contributed by atoms with Gasteiger partial charge in [-0.1, -0.05) is 18.2 Å².